The molecule has 2 aromatic rings. The number of rotatable bonds is 6. The predicted molar refractivity (Wildman–Crippen MR) is 113 cm³/mol. The van der Waals surface area contributed by atoms with E-state index in [0.717, 1.165) is 42.5 Å². The van der Waals surface area contributed by atoms with Gasteiger partial charge >= 0.3 is 5.97 Å². The monoisotopic (exact) mass is 428 g/mol. The van der Waals surface area contributed by atoms with E-state index in [9.17, 15) is 14.9 Å². The minimum atomic E-state index is -1.05. The highest BCUT2D eigenvalue weighted by Gasteiger charge is 2.25. The summed E-state index contributed by atoms with van der Waals surface area (Å²) < 4.78 is 15.7. The van der Waals surface area contributed by atoms with E-state index in [4.69, 9.17) is 14.2 Å². The molecular weight excluding hydrogens is 404 g/mol. The summed E-state index contributed by atoms with van der Waals surface area (Å²) in [6, 6.07) is 6.98. The number of carbonyl (C=O) groups excluding carboxylic acids is 2. The molecule has 0 saturated heterocycles. The third-order valence-electron chi connectivity index (χ3n) is 5.05. The molecule has 0 saturated carbocycles. The summed E-state index contributed by atoms with van der Waals surface area (Å²) in [5.74, 6) is -0.394. The first-order valence-electron chi connectivity index (χ1n) is 9.77. The summed E-state index contributed by atoms with van der Waals surface area (Å²) in [6.45, 7) is 1.49. The minimum Gasteiger partial charge on any atom is -0.497 e. The number of carbonyl (C=O) groups is 2. The molecule has 0 fully saturated rings. The Morgan fingerprint density at radius 1 is 1.17 bits per heavy atom. The summed E-state index contributed by atoms with van der Waals surface area (Å²) in [4.78, 5) is 26.4. The molecule has 1 amide bonds. The smallest absolute Gasteiger partial charge is 0.342 e. The second kappa shape index (κ2) is 9.63. The van der Waals surface area contributed by atoms with E-state index in [1.807, 2.05) is 0 Å². The maximum atomic E-state index is 12.7. The van der Waals surface area contributed by atoms with E-state index >= 15 is 0 Å². The largest absolute Gasteiger partial charge is 0.497 e. The Kier molecular flexibility index (Phi) is 6.95. The van der Waals surface area contributed by atoms with E-state index in [0.29, 0.717) is 22.1 Å². The molecule has 0 spiro atoms. The molecule has 1 aliphatic carbocycles. The Balaban J connectivity index is 1.73. The first kappa shape index (κ1) is 21.7. The quantitative estimate of drug-likeness (QED) is 0.550. The van der Waals surface area contributed by atoms with Crippen LogP contribution in [0.2, 0.25) is 0 Å². The van der Waals surface area contributed by atoms with Gasteiger partial charge in [-0.25, -0.2) is 4.79 Å². The number of nitrogens with one attached hydrogen (secondary N) is 1. The van der Waals surface area contributed by atoms with Gasteiger partial charge in [-0.2, -0.15) is 5.26 Å². The fourth-order valence-corrected chi connectivity index (χ4v) is 4.66. The van der Waals surface area contributed by atoms with E-state index in [1.165, 1.54) is 38.5 Å². The van der Waals surface area contributed by atoms with Crippen LogP contribution in [0.1, 0.15) is 52.5 Å². The molecule has 7 nitrogen and oxygen atoms in total. The van der Waals surface area contributed by atoms with E-state index in [2.05, 4.69) is 11.4 Å². The molecule has 1 aromatic heterocycles. The Hall–Kier alpha value is -3.05. The molecule has 1 aliphatic rings. The first-order chi connectivity index (χ1) is 14.5. The predicted octanol–water partition coefficient (Wildman–Crippen LogP) is 4.09. The second-order valence-electron chi connectivity index (χ2n) is 6.98. The summed E-state index contributed by atoms with van der Waals surface area (Å²) in [5, 5.41) is 12.9. The van der Waals surface area contributed by atoms with Crippen molar-refractivity contribution in [1.29, 1.82) is 5.26 Å². The number of hydrogen-bond acceptors (Lipinski definition) is 7. The van der Waals surface area contributed by atoms with Gasteiger partial charge in [-0.15, -0.1) is 11.3 Å². The number of thiophene rings is 1. The number of fused-ring (bicyclic) bond motifs is 1. The number of nitriles is 1. The van der Waals surface area contributed by atoms with E-state index < -0.39 is 18.0 Å². The van der Waals surface area contributed by atoms with Crippen LogP contribution in [0.5, 0.6) is 11.5 Å². The molecule has 1 unspecified atom stereocenters. The van der Waals surface area contributed by atoms with Crippen molar-refractivity contribution < 1.29 is 23.8 Å². The van der Waals surface area contributed by atoms with Crippen molar-refractivity contribution >= 4 is 28.2 Å². The van der Waals surface area contributed by atoms with Crippen molar-refractivity contribution in [2.75, 3.05) is 19.5 Å². The summed E-state index contributed by atoms with van der Waals surface area (Å²) >= 11 is 1.44. The highest BCUT2D eigenvalue weighted by atomic mass is 32.1. The zero-order chi connectivity index (χ0) is 21.7. The van der Waals surface area contributed by atoms with Crippen molar-refractivity contribution in [2.45, 2.75) is 45.1 Å². The minimum absolute atomic E-state index is 0.164. The maximum absolute atomic E-state index is 12.7. The van der Waals surface area contributed by atoms with E-state index in [-0.39, 0.29) is 5.56 Å². The van der Waals surface area contributed by atoms with E-state index in [1.54, 1.807) is 12.1 Å². The number of esters is 1. The van der Waals surface area contributed by atoms with Gasteiger partial charge < -0.3 is 19.5 Å². The van der Waals surface area contributed by atoms with Crippen LogP contribution in [0.3, 0.4) is 0 Å². The van der Waals surface area contributed by atoms with Crippen LogP contribution in [0.15, 0.2) is 18.2 Å². The molecule has 1 atom stereocenters. The average Bonchev–Trinajstić information content (AvgIpc) is 2.91. The standard InChI is InChI=1S/C22H24N2O5S/c1-13(29-22(26)16-11-14(27-2)9-10-18(16)28-3)20(25)24-21-17(12-23)15-7-5-4-6-8-19(15)30-21/h9-11,13H,4-8H2,1-3H3,(H,24,25). The Morgan fingerprint density at radius 2 is 1.93 bits per heavy atom. The van der Waals surface area contributed by atoms with Crippen molar-refractivity contribution in [3.05, 3.63) is 39.8 Å². The summed E-state index contributed by atoms with van der Waals surface area (Å²) in [5.41, 5.74) is 1.73. The lowest BCUT2D eigenvalue weighted by Crippen LogP contribution is -2.30. The van der Waals surface area contributed by atoms with Crippen LogP contribution in [-0.2, 0) is 22.4 Å². The molecule has 0 radical (unpaired) electrons. The third-order valence-corrected chi connectivity index (χ3v) is 6.26. The van der Waals surface area contributed by atoms with Crippen molar-refractivity contribution in [1.82, 2.24) is 0 Å². The van der Waals surface area contributed by atoms with Gasteiger partial charge in [0.1, 0.15) is 28.1 Å². The number of anilines is 1. The highest BCUT2D eigenvalue weighted by Crippen LogP contribution is 2.37. The van der Waals surface area contributed by atoms with Crippen LogP contribution in [0, 0.1) is 11.3 Å². The maximum Gasteiger partial charge on any atom is 0.342 e. The van der Waals surface area contributed by atoms with Crippen molar-refractivity contribution in [2.24, 2.45) is 0 Å². The molecule has 3 rings (SSSR count). The Bertz CT molecular complexity index is 992. The Labute approximate surface area is 179 Å². The normalized spacial score (nSPS) is 13.9. The fourth-order valence-electron chi connectivity index (χ4n) is 3.41. The molecule has 8 heteroatoms. The first-order valence-corrected chi connectivity index (χ1v) is 10.6. The lowest BCUT2D eigenvalue weighted by atomic mass is 10.1. The number of methoxy groups -OCH3 is 2. The zero-order valence-corrected chi connectivity index (χ0v) is 18.1. The van der Waals surface area contributed by atoms with Crippen LogP contribution in [0.4, 0.5) is 5.00 Å². The number of aryl methyl sites for hydroxylation is 1. The summed E-state index contributed by atoms with van der Waals surface area (Å²) in [7, 11) is 2.93. The lowest BCUT2D eigenvalue weighted by Gasteiger charge is -2.15. The van der Waals surface area contributed by atoms with Crippen LogP contribution >= 0.6 is 11.3 Å². The van der Waals surface area contributed by atoms with Gasteiger partial charge in [-0.1, -0.05) is 6.42 Å². The molecular formula is C22H24N2O5S. The molecule has 0 bridgehead atoms. The summed E-state index contributed by atoms with van der Waals surface area (Å²) in [6.07, 6.45) is 4.00. The molecule has 1 heterocycles. The van der Waals surface area contributed by atoms with Gasteiger partial charge in [0, 0.05) is 4.88 Å². The van der Waals surface area contributed by atoms with Gasteiger partial charge in [0.2, 0.25) is 0 Å². The Morgan fingerprint density at radius 3 is 2.63 bits per heavy atom. The van der Waals surface area contributed by atoms with Gasteiger partial charge in [0.15, 0.2) is 6.10 Å². The van der Waals surface area contributed by atoms with Gasteiger partial charge in [0.25, 0.3) is 5.91 Å². The number of benzene rings is 1. The fraction of sp³-hybridized carbons (Fsp3) is 0.409. The van der Waals surface area contributed by atoms with Crippen molar-refractivity contribution in [3.8, 4) is 17.6 Å². The number of hydrogen-bond donors (Lipinski definition) is 1. The SMILES string of the molecule is COc1ccc(OC)c(C(=O)OC(C)C(=O)Nc2sc3c(c2C#N)CCCCC3)c1. The molecule has 1 N–H and O–H groups in total. The second-order valence-corrected chi connectivity index (χ2v) is 8.09. The molecule has 1 aromatic carbocycles. The van der Waals surface area contributed by atoms with Gasteiger partial charge in [0.05, 0.1) is 19.8 Å². The van der Waals surface area contributed by atoms with Gasteiger partial charge in [-0.05, 0) is 56.4 Å². The number of amides is 1. The molecule has 158 valence electrons. The van der Waals surface area contributed by atoms with Crippen LogP contribution in [-0.4, -0.2) is 32.2 Å². The number of ether oxygens (including phenoxy) is 3. The zero-order valence-electron chi connectivity index (χ0n) is 17.2. The lowest BCUT2D eigenvalue weighted by molar-refractivity contribution is -0.123. The molecule has 0 aliphatic heterocycles. The van der Waals surface area contributed by atoms with Crippen molar-refractivity contribution in [3.63, 3.8) is 0 Å². The van der Waals surface area contributed by atoms with Crippen LogP contribution in [0.25, 0.3) is 0 Å². The topological polar surface area (TPSA) is 97.7 Å². The highest BCUT2D eigenvalue weighted by molar-refractivity contribution is 7.16. The number of nitrogens with zero attached hydrogens (tertiary/aromatic N) is 1. The van der Waals surface area contributed by atoms with Gasteiger partial charge in [-0.3, -0.25) is 4.79 Å². The third kappa shape index (κ3) is 4.57. The average molecular weight is 429 g/mol. The van der Waals surface area contributed by atoms with Crippen LogP contribution < -0.4 is 14.8 Å². The molecule has 30 heavy (non-hydrogen) atoms.